The number of carbonyl (C=O) groups is 1. The molecular weight excluding hydrogens is 434 g/mol. The van der Waals surface area contributed by atoms with E-state index in [1.807, 2.05) is 37.3 Å². The van der Waals surface area contributed by atoms with Crippen LogP contribution in [0.15, 0.2) is 45.3 Å². The fraction of sp³-hybridized carbons (Fsp3) is 0.316. The summed E-state index contributed by atoms with van der Waals surface area (Å²) in [6.45, 7) is 6.21. The molecule has 0 aliphatic carbocycles. The van der Waals surface area contributed by atoms with Gasteiger partial charge in [0.05, 0.1) is 4.47 Å². The van der Waals surface area contributed by atoms with E-state index in [0.29, 0.717) is 11.7 Å². The van der Waals surface area contributed by atoms with E-state index in [4.69, 9.17) is 4.74 Å². The molecule has 0 unspecified atom stereocenters. The molecule has 1 amide bonds. The molecule has 0 aromatic heterocycles. The van der Waals surface area contributed by atoms with Crippen molar-refractivity contribution >= 4 is 43.5 Å². The maximum absolute atomic E-state index is 12.3. The molecule has 0 bridgehead atoms. The molecule has 0 heterocycles. The first-order chi connectivity index (χ1) is 11.4. The molecule has 1 atom stereocenters. The topological polar surface area (TPSA) is 38.3 Å². The van der Waals surface area contributed by atoms with Crippen molar-refractivity contribution in [2.45, 2.75) is 33.1 Å². The van der Waals surface area contributed by atoms with Crippen LogP contribution in [-0.4, -0.2) is 12.5 Å². The van der Waals surface area contributed by atoms with Crippen LogP contribution in [-0.2, 0) is 4.79 Å². The molecule has 1 N–H and O–H groups in total. The Bertz CT molecular complexity index is 708. The molecule has 0 aliphatic heterocycles. The first-order valence-electron chi connectivity index (χ1n) is 7.89. The number of ether oxygens (including phenoxy) is 1. The normalized spacial score (nSPS) is 11.9. The van der Waals surface area contributed by atoms with Crippen molar-refractivity contribution in [2.24, 2.45) is 0 Å². The standard InChI is InChI=1S/C19H21Br2NO2/c1-4-12(2)15-7-5-6-8-17(15)22-18(23)11-24-19-13(3)9-14(20)10-16(19)21/h5-10,12H,4,11H2,1-3H3,(H,22,23)/t12-/m0/s1. The van der Waals surface area contributed by atoms with Gasteiger partial charge in [-0.3, -0.25) is 4.79 Å². The van der Waals surface area contributed by atoms with Gasteiger partial charge < -0.3 is 10.1 Å². The predicted octanol–water partition coefficient (Wildman–Crippen LogP) is 6.05. The van der Waals surface area contributed by atoms with E-state index in [9.17, 15) is 4.79 Å². The number of nitrogens with one attached hydrogen (secondary N) is 1. The third-order valence-corrected chi connectivity index (χ3v) is 4.97. The van der Waals surface area contributed by atoms with Gasteiger partial charge in [-0.25, -0.2) is 0 Å². The molecule has 2 rings (SSSR count). The van der Waals surface area contributed by atoms with Gasteiger partial charge in [-0.05, 0) is 64.5 Å². The van der Waals surface area contributed by atoms with Gasteiger partial charge in [-0.15, -0.1) is 0 Å². The van der Waals surface area contributed by atoms with E-state index >= 15 is 0 Å². The smallest absolute Gasteiger partial charge is 0.262 e. The second kappa shape index (κ2) is 8.67. The second-order valence-corrected chi connectivity index (χ2v) is 7.54. The van der Waals surface area contributed by atoms with Gasteiger partial charge >= 0.3 is 0 Å². The number of para-hydroxylation sites is 1. The fourth-order valence-corrected chi connectivity index (χ4v) is 4.01. The van der Waals surface area contributed by atoms with Crippen LogP contribution in [0, 0.1) is 6.92 Å². The SMILES string of the molecule is CC[C@H](C)c1ccccc1NC(=O)COc1c(C)cc(Br)cc1Br. The van der Waals surface area contributed by atoms with Crippen LogP contribution >= 0.6 is 31.9 Å². The van der Waals surface area contributed by atoms with Gasteiger partial charge in [0, 0.05) is 10.2 Å². The Kier molecular flexibility index (Phi) is 6.87. The Balaban J connectivity index is 2.05. The van der Waals surface area contributed by atoms with Gasteiger partial charge in [0.1, 0.15) is 5.75 Å². The molecule has 0 saturated heterocycles. The Morgan fingerprint density at radius 3 is 2.62 bits per heavy atom. The predicted molar refractivity (Wildman–Crippen MR) is 106 cm³/mol. The largest absolute Gasteiger partial charge is 0.482 e. The number of aryl methyl sites for hydroxylation is 1. The van der Waals surface area contributed by atoms with Crippen molar-refractivity contribution in [1.82, 2.24) is 0 Å². The summed E-state index contributed by atoms with van der Waals surface area (Å²) in [6, 6.07) is 11.8. The third-order valence-electron chi connectivity index (χ3n) is 3.92. The monoisotopic (exact) mass is 453 g/mol. The summed E-state index contributed by atoms with van der Waals surface area (Å²) in [5, 5.41) is 2.96. The minimum atomic E-state index is -0.167. The van der Waals surface area contributed by atoms with Crippen molar-refractivity contribution in [3.63, 3.8) is 0 Å². The van der Waals surface area contributed by atoms with Crippen molar-refractivity contribution in [2.75, 3.05) is 11.9 Å². The number of rotatable bonds is 6. The van der Waals surface area contributed by atoms with Crippen LogP contribution in [0.2, 0.25) is 0 Å². The fourth-order valence-electron chi connectivity index (χ4n) is 2.46. The molecule has 24 heavy (non-hydrogen) atoms. The van der Waals surface area contributed by atoms with Gasteiger partial charge in [0.25, 0.3) is 5.91 Å². The number of halogens is 2. The molecule has 2 aromatic carbocycles. The van der Waals surface area contributed by atoms with E-state index in [0.717, 1.165) is 32.2 Å². The van der Waals surface area contributed by atoms with E-state index in [2.05, 4.69) is 57.1 Å². The minimum Gasteiger partial charge on any atom is -0.482 e. The van der Waals surface area contributed by atoms with Crippen LogP contribution < -0.4 is 10.1 Å². The summed E-state index contributed by atoms with van der Waals surface area (Å²) in [5.74, 6) is 0.911. The maximum Gasteiger partial charge on any atom is 0.262 e. The molecule has 3 nitrogen and oxygen atoms in total. The van der Waals surface area contributed by atoms with Gasteiger partial charge in [-0.2, -0.15) is 0 Å². The molecule has 0 aliphatic rings. The van der Waals surface area contributed by atoms with Crippen molar-refractivity contribution in [3.8, 4) is 5.75 Å². The van der Waals surface area contributed by atoms with E-state index in [1.54, 1.807) is 0 Å². The van der Waals surface area contributed by atoms with Crippen LogP contribution in [0.4, 0.5) is 5.69 Å². The summed E-state index contributed by atoms with van der Waals surface area (Å²) in [4.78, 5) is 12.3. The van der Waals surface area contributed by atoms with Gasteiger partial charge in [-0.1, -0.05) is 48.0 Å². The summed E-state index contributed by atoms with van der Waals surface area (Å²) in [7, 11) is 0. The van der Waals surface area contributed by atoms with Crippen LogP contribution in [0.25, 0.3) is 0 Å². The number of benzene rings is 2. The number of hydrogen-bond donors (Lipinski definition) is 1. The molecule has 0 saturated carbocycles. The van der Waals surface area contributed by atoms with Crippen LogP contribution in [0.3, 0.4) is 0 Å². The molecule has 128 valence electrons. The summed E-state index contributed by atoms with van der Waals surface area (Å²) in [5.41, 5.74) is 2.96. The second-order valence-electron chi connectivity index (χ2n) is 5.77. The van der Waals surface area contributed by atoms with Crippen molar-refractivity contribution in [3.05, 3.63) is 56.5 Å². The zero-order valence-corrected chi connectivity index (χ0v) is 17.2. The van der Waals surface area contributed by atoms with Gasteiger partial charge in [0.15, 0.2) is 6.61 Å². The highest BCUT2D eigenvalue weighted by molar-refractivity contribution is 9.11. The van der Waals surface area contributed by atoms with E-state index < -0.39 is 0 Å². The summed E-state index contributed by atoms with van der Waals surface area (Å²) >= 11 is 6.90. The number of carbonyl (C=O) groups excluding carboxylic acids is 1. The van der Waals surface area contributed by atoms with Crippen LogP contribution in [0.5, 0.6) is 5.75 Å². The summed E-state index contributed by atoms with van der Waals surface area (Å²) in [6.07, 6.45) is 1.02. The van der Waals surface area contributed by atoms with Gasteiger partial charge in [0.2, 0.25) is 0 Å². The Morgan fingerprint density at radius 1 is 1.25 bits per heavy atom. The number of hydrogen-bond acceptors (Lipinski definition) is 2. The Morgan fingerprint density at radius 2 is 1.96 bits per heavy atom. The minimum absolute atomic E-state index is 0.0318. The lowest BCUT2D eigenvalue weighted by atomic mass is 9.97. The summed E-state index contributed by atoms with van der Waals surface area (Å²) < 4.78 is 7.49. The molecule has 2 aromatic rings. The Hall–Kier alpha value is -1.33. The first kappa shape index (κ1) is 19.0. The van der Waals surface area contributed by atoms with Crippen molar-refractivity contribution < 1.29 is 9.53 Å². The number of amides is 1. The quantitative estimate of drug-likeness (QED) is 0.576. The highest BCUT2D eigenvalue weighted by Gasteiger charge is 2.13. The molecular formula is C19H21Br2NO2. The molecule has 0 radical (unpaired) electrons. The van der Waals surface area contributed by atoms with Crippen LogP contribution in [0.1, 0.15) is 37.3 Å². The zero-order valence-electron chi connectivity index (χ0n) is 14.0. The van der Waals surface area contributed by atoms with E-state index in [1.165, 1.54) is 0 Å². The highest BCUT2D eigenvalue weighted by atomic mass is 79.9. The molecule has 5 heteroatoms. The average molecular weight is 455 g/mol. The zero-order chi connectivity index (χ0) is 17.7. The maximum atomic E-state index is 12.3. The molecule has 0 spiro atoms. The lowest BCUT2D eigenvalue weighted by molar-refractivity contribution is -0.118. The third kappa shape index (κ3) is 4.84. The lowest BCUT2D eigenvalue weighted by Crippen LogP contribution is -2.21. The van der Waals surface area contributed by atoms with E-state index in [-0.39, 0.29) is 12.5 Å². The lowest BCUT2D eigenvalue weighted by Gasteiger charge is -2.16. The first-order valence-corrected chi connectivity index (χ1v) is 9.48. The van der Waals surface area contributed by atoms with Crippen molar-refractivity contribution in [1.29, 1.82) is 0 Å². The average Bonchev–Trinajstić information content (AvgIpc) is 2.53. The Labute approximate surface area is 160 Å². The highest BCUT2D eigenvalue weighted by Crippen LogP contribution is 2.32. The molecule has 0 fully saturated rings. The number of anilines is 1.